The van der Waals surface area contributed by atoms with Gasteiger partial charge >= 0.3 is 5.97 Å². The lowest BCUT2D eigenvalue weighted by Gasteiger charge is -2.29. The first-order valence-corrected chi connectivity index (χ1v) is 7.89. The number of carbonyl (C=O) groups excluding carboxylic acids is 1. The summed E-state index contributed by atoms with van der Waals surface area (Å²) in [5.41, 5.74) is 0.329. The van der Waals surface area contributed by atoms with Crippen molar-refractivity contribution in [2.24, 2.45) is 0 Å². The Hall–Kier alpha value is -2.44. The smallest absolute Gasteiger partial charge is 0.329 e. The minimum Gasteiger partial charge on any atom is -0.480 e. The van der Waals surface area contributed by atoms with E-state index >= 15 is 0 Å². The van der Waals surface area contributed by atoms with E-state index in [1.54, 1.807) is 12.3 Å². The van der Waals surface area contributed by atoms with Crippen molar-refractivity contribution in [3.8, 4) is 0 Å². The summed E-state index contributed by atoms with van der Waals surface area (Å²) < 4.78 is 1.52. The predicted molar refractivity (Wildman–Crippen MR) is 83.3 cm³/mol. The summed E-state index contributed by atoms with van der Waals surface area (Å²) >= 11 is 0. The summed E-state index contributed by atoms with van der Waals surface area (Å²) in [4.78, 5) is 28.8. The van der Waals surface area contributed by atoms with Gasteiger partial charge in [0.25, 0.3) is 5.91 Å². The van der Waals surface area contributed by atoms with E-state index in [4.69, 9.17) is 0 Å². The van der Waals surface area contributed by atoms with Gasteiger partial charge in [-0.25, -0.2) is 14.3 Å². The first kappa shape index (κ1) is 15.5. The molecule has 0 radical (unpaired) electrons. The van der Waals surface area contributed by atoms with Crippen LogP contribution < -0.4 is 5.32 Å². The van der Waals surface area contributed by atoms with Crippen LogP contribution in [-0.2, 0) is 4.79 Å². The highest BCUT2D eigenvalue weighted by atomic mass is 16.4. The van der Waals surface area contributed by atoms with Crippen molar-refractivity contribution in [1.29, 1.82) is 0 Å². The minimum atomic E-state index is -1.19. The van der Waals surface area contributed by atoms with Crippen LogP contribution in [0.15, 0.2) is 18.5 Å². The van der Waals surface area contributed by atoms with Crippen LogP contribution >= 0.6 is 0 Å². The fraction of sp³-hybridized carbons (Fsp3) is 0.500. The number of aryl methyl sites for hydroxylation is 1. The standard InChI is InChI=1S/C16H20N4O3/c1-11-6-9-20-13(18-11)12(10-17-20)14(21)19-16(15(22)23)7-4-2-3-5-8-16/h6,9-10H,2-5,7-8H2,1H3,(H,19,21)(H,22,23). The number of hydrogen-bond acceptors (Lipinski definition) is 4. The van der Waals surface area contributed by atoms with Crippen LogP contribution in [0.2, 0.25) is 0 Å². The summed E-state index contributed by atoms with van der Waals surface area (Å²) in [5, 5.41) is 16.5. The predicted octanol–water partition coefficient (Wildman–Crippen LogP) is 1.95. The maximum absolute atomic E-state index is 12.7. The first-order chi connectivity index (χ1) is 11.0. The van der Waals surface area contributed by atoms with Gasteiger partial charge in [-0.3, -0.25) is 4.79 Å². The molecule has 0 unspecified atom stereocenters. The highest BCUT2D eigenvalue weighted by Crippen LogP contribution is 2.28. The number of nitrogens with one attached hydrogen (secondary N) is 1. The number of carbonyl (C=O) groups is 2. The monoisotopic (exact) mass is 316 g/mol. The quantitative estimate of drug-likeness (QED) is 0.844. The van der Waals surface area contributed by atoms with Gasteiger partial charge in [-0.05, 0) is 25.8 Å². The zero-order valence-corrected chi connectivity index (χ0v) is 13.1. The molecule has 1 aliphatic carbocycles. The third kappa shape index (κ3) is 2.91. The zero-order chi connectivity index (χ0) is 16.4. The summed E-state index contributed by atoms with van der Waals surface area (Å²) in [6, 6.07) is 1.80. The number of carboxylic acids is 1. The number of carboxylic acid groups (broad SMARTS) is 1. The van der Waals surface area contributed by atoms with E-state index in [0.29, 0.717) is 24.1 Å². The van der Waals surface area contributed by atoms with E-state index in [1.807, 2.05) is 6.92 Å². The number of amides is 1. The van der Waals surface area contributed by atoms with Crippen molar-refractivity contribution >= 4 is 17.5 Å². The minimum absolute atomic E-state index is 0.304. The van der Waals surface area contributed by atoms with Gasteiger partial charge in [-0.1, -0.05) is 25.7 Å². The van der Waals surface area contributed by atoms with Gasteiger partial charge < -0.3 is 10.4 Å². The number of rotatable bonds is 3. The SMILES string of the molecule is Cc1ccn2ncc(C(=O)NC3(C(=O)O)CCCCCC3)c2n1. The molecule has 1 aliphatic rings. The maximum Gasteiger partial charge on any atom is 0.329 e. The van der Waals surface area contributed by atoms with Gasteiger partial charge in [0.05, 0.1) is 6.20 Å². The Balaban J connectivity index is 1.91. The second-order valence-corrected chi connectivity index (χ2v) is 6.15. The van der Waals surface area contributed by atoms with Crippen LogP contribution in [-0.4, -0.2) is 37.1 Å². The molecule has 7 nitrogen and oxygen atoms in total. The molecule has 7 heteroatoms. The summed E-state index contributed by atoms with van der Waals surface area (Å²) in [5.74, 6) is -1.39. The molecule has 1 fully saturated rings. The molecule has 2 heterocycles. The van der Waals surface area contributed by atoms with E-state index < -0.39 is 17.4 Å². The molecule has 0 saturated heterocycles. The molecule has 2 aromatic heterocycles. The van der Waals surface area contributed by atoms with Gasteiger partial charge in [-0.2, -0.15) is 5.10 Å². The third-order valence-electron chi connectivity index (χ3n) is 4.47. The van der Waals surface area contributed by atoms with Crippen LogP contribution in [0.5, 0.6) is 0 Å². The van der Waals surface area contributed by atoms with E-state index in [0.717, 1.165) is 31.4 Å². The molecule has 0 aliphatic heterocycles. The molecule has 1 saturated carbocycles. The van der Waals surface area contributed by atoms with Crippen LogP contribution in [0.3, 0.4) is 0 Å². The Kier molecular flexibility index (Phi) is 4.02. The molecule has 2 aromatic rings. The van der Waals surface area contributed by atoms with Gasteiger partial charge in [0, 0.05) is 11.9 Å². The second-order valence-electron chi connectivity index (χ2n) is 6.15. The molecule has 0 bridgehead atoms. The highest BCUT2D eigenvalue weighted by molar-refractivity contribution is 6.02. The second kappa shape index (κ2) is 5.98. The molecule has 122 valence electrons. The van der Waals surface area contributed by atoms with E-state index in [1.165, 1.54) is 10.7 Å². The molecular weight excluding hydrogens is 296 g/mol. The molecule has 2 N–H and O–H groups in total. The first-order valence-electron chi connectivity index (χ1n) is 7.89. The number of hydrogen-bond donors (Lipinski definition) is 2. The fourth-order valence-corrected chi connectivity index (χ4v) is 3.13. The van der Waals surface area contributed by atoms with Crippen LogP contribution in [0.1, 0.15) is 54.6 Å². The number of fused-ring (bicyclic) bond motifs is 1. The third-order valence-corrected chi connectivity index (χ3v) is 4.47. The van der Waals surface area contributed by atoms with Gasteiger partial charge in [0.1, 0.15) is 11.1 Å². The molecule has 1 amide bonds. The molecule has 0 atom stereocenters. The topological polar surface area (TPSA) is 96.6 Å². The van der Waals surface area contributed by atoms with Gasteiger partial charge in [-0.15, -0.1) is 0 Å². The molecule has 3 rings (SSSR count). The van der Waals surface area contributed by atoms with Crippen LogP contribution in [0.25, 0.3) is 5.65 Å². The zero-order valence-electron chi connectivity index (χ0n) is 13.1. The van der Waals surface area contributed by atoms with Crippen LogP contribution in [0, 0.1) is 6.92 Å². The average molecular weight is 316 g/mol. The van der Waals surface area contributed by atoms with Crippen LogP contribution in [0.4, 0.5) is 0 Å². The molecule has 23 heavy (non-hydrogen) atoms. The lowest BCUT2D eigenvalue weighted by molar-refractivity contribution is -0.145. The number of nitrogens with zero attached hydrogens (tertiary/aromatic N) is 3. The normalized spacial score (nSPS) is 17.6. The number of aromatic nitrogens is 3. The lowest BCUT2D eigenvalue weighted by Crippen LogP contribution is -2.54. The summed E-state index contributed by atoms with van der Waals surface area (Å²) in [6.45, 7) is 1.83. The Morgan fingerprint density at radius 1 is 1.26 bits per heavy atom. The molecule has 0 aromatic carbocycles. The average Bonchev–Trinajstić information content (AvgIpc) is 2.77. The Morgan fingerprint density at radius 2 is 1.96 bits per heavy atom. The Labute approximate surface area is 133 Å². The lowest BCUT2D eigenvalue weighted by atomic mass is 9.90. The van der Waals surface area contributed by atoms with E-state index in [-0.39, 0.29) is 0 Å². The van der Waals surface area contributed by atoms with Crippen molar-refractivity contribution in [3.63, 3.8) is 0 Å². The largest absolute Gasteiger partial charge is 0.480 e. The summed E-state index contributed by atoms with van der Waals surface area (Å²) in [7, 11) is 0. The molecular formula is C16H20N4O3. The van der Waals surface area contributed by atoms with E-state index in [2.05, 4.69) is 15.4 Å². The van der Waals surface area contributed by atoms with Crippen molar-refractivity contribution in [1.82, 2.24) is 19.9 Å². The highest BCUT2D eigenvalue weighted by Gasteiger charge is 2.40. The number of aliphatic carboxylic acids is 1. The summed E-state index contributed by atoms with van der Waals surface area (Å²) in [6.07, 6.45) is 7.69. The Morgan fingerprint density at radius 3 is 2.61 bits per heavy atom. The van der Waals surface area contributed by atoms with Gasteiger partial charge in [0.2, 0.25) is 0 Å². The fourth-order valence-electron chi connectivity index (χ4n) is 3.13. The van der Waals surface area contributed by atoms with Crippen molar-refractivity contribution in [3.05, 3.63) is 29.7 Å². The van der Waals surface area contributed by atoms with E-state index in [9.17, 15) is 14.7 Å². The van der Waals surface area contributed by atoms with Gasteiger partial charge in [0.15, 0.2) is 5.65 Å². The van der Waals surface area contributed by atoms with Crippen molar-refractivity contribution in [2.75, 3.05) is 0 Å². The Bertz CT molecular complexity index is 745. The maximum atomic E-state index is 12.7. The van der Waals surface area contributed by atoms with Crippen molar-refractivity contribution in [2.45, 2.75) is 51.0 Å². The molecule has 0 spiro atoms. The van der Waals surface area contributed by atoms with Crippen molar-refractivity contribution < 1.29 is 14.7 Å².